The van der Waals surface area contributed by atoms with Gasteiger partial charge in [-0.3, -0.25) is 14.9 Å². The van der Waals surface area contributed by atoms with Gasteiger partial charge >= 0.3 is 0 Å². The van der Waals surface area contributed by atoms with Crippen LogP contribution in [0.1, 0.15) is 5.56 Å². The van der Waals surface area contributed by atoms with Crippen LogP contribution in [0.25, 0.3) is 22.4 Å². The van der Waals surface area contributed by atoms with Crippen molar-refractivity contribution in [2.75, 3.05) is 0 Å². The second-order valence-corrected chi connectivity index (χ2v) is 7.62. The van der Waals surface area contributed by atoms with Crippen molar-refractivity contribution < 1.29 is 9.72 Å². The Labute approximate surface area is 192 Å². The van der Waals surface area contributed by atoms with Gasteiger partial charge in [-0.05, 0) is 42.5 Å². The van der Waals surface area contributed by atoms with E-state index in [1.54, 1.807) is 16.7 Å². The quantitative estimate of drug-likeness (QED) is 0.243. The first-order valence-corrected chi connectivity index (χ1v) is 10.1. The van der Waals surface area contributed by atoms with Gasteiger partial charge in [0.1, 0.15) is 12.4 Å². The number of rotatable bonds is 6. The van der Waals surface area contributed by atoms with E-state index in [1.165, 1.54) is 24.4 Å². The number of imidazole rings is 1. The molecule has 0 spiro atoms. The van der Waals surface area contributed by atoms with Crippen LogP contribution in [0.15, 0.2) is 71.8 Å². The SMILES string of the molecule is O=C(Cn1c(-c2ccc(Cl)cc2)nc2ccccc21)N/N=C/c1cc([N+](=O)[O-])ccc1Cl. The topological polar surface area (TPSA) is 102 Å². The average molecular weight is 468 g/mol. The van der Waals surface area contributed by atoms with E-state index in [2.05, 4.69) is 15.5 Å². The molecule has 0 saturated carbocycles. The maximum atomic E-state index is 12.6. The van der Waals surface area contributed by atoms with Gasteiger partial charge in [-0.1, -0.05) is 35.3 Å². The molecule has 0 atom stereocenters. The summed E-state index contributed by atoms with van der Waals surface area (Å²) in [6, 6.07) is 18.6. The van der Waals surface area contributed by atoms with Crippen molar-refractivity contribution in [2.45, 2.75) is 6.54 Å². The third-order valence-corrected chi connectivity index (χ3v) is 5.24. The Morgan fingerprint density at radius 2 is 1.88 bits per heavy atom. The van der Waals surface area contributed by atoms with Gasteiger partial charge < -0.3 is 4.57 Å². The summed E-state index contributed by atoms with van der Waals surface area (Å²) < 4.78 is 1.78. The third kappa shape index (κ3) is 4.61. The molecule has 1 amide bonds. The number of hydrazone groups is 1. The van der Waals surface area contributed by atoms with E-state index >= 15 is 0 Å². The molecule has 0 aliphatic heterocycles. The second-order valence-electron chi connectivity index (χ2n) is 6.77. The van der Waals surface area contributed by atoms with E-state index in [4.69, 9.17) is 23.2 Å². The lowest BCUT2D eigenvalue weighted by Gasteiger charge is -2.08. The van der Waals surface area contributed by atoms with Crippen LogP contribution in [0.2, 0.25) is 10.0 Å². The van der Waals surface area contributed by atoms with Crippen molar-refractivity contribution in [2.24, 2.45) is 5.10 Å². The van der Waals surface area contributed by atoms with E-state index in [0.29, 0.717) is 16.4 Å². The number of nitrogens with one attached hydrogen (secondary N) is 1. The van der Waals surface area contributed by atoms with E-state index < -0.39 is 10.8 Å². The number of amides is 1. The van der Waals surface area contributed by atoms with Crippen LogP contribution in [0.5, 0.6) is 0 Å². The van der Waals surface area contributed by atoms with Gasteiger partial charge in [0, 0.05) is 33.3 Å². The zero-order valence-corrected chi connectivity index (χ0v) is 17.9. The van der Waals surface area contributed by atoms with Crippen molar-refractivity contribution in [1.29, 1.82) is 0 Å². The van der Waals surface area contributed by atoms with Gasteiger partial charge in [-0.25, -0.2) is 10.4 Å². The zero-order chi connectivity index (χ0) is 22.7. The maximum absolute atomic E-state index is 12.6. The summed E-state index contributed by atoms with van der Waals surface area (Å²) in [6.45, 7) is -0.0432. The van der Waals surface area contributed by atoms with Crippen molar-refractivity contribution in [3.8, 4) is 11.4 Å². The van der Waals surface area contributed by atoms with Crippen molar-refractivity contribution in [3.63, 3.8) is 0 Å². The fraction of sp³-hybridized carbons (Fsp3) is 0.0455. The minimum Gasteiger partial charge on any atom is -0.314 e. The number of carbonyl (C=O) groups is 1. The highest BCUT2D eigenvalue weighted by Crippen LogP contribution is 2.26. The standard InChI is InChI=1S/C22H15Cl2N5O3/c23-16-7-5-14(6-8-16)22-26-19-3-1-2-4-20(19)28(22)13-21(30)27-25-12-15-11-17(29(31)32)9-10-18(15)24/h1-12H,13H2,(H,27,30)/b25-12+. The minimum absolute atomic E-state index is 0.0432. The monoisotopic (exact) mass is 467 g/mol. The summed E-state index contributed by atoms with van der Waals surface area (Å²) >= 11 is 12.0. The lowest BCUT2D eigenvalue weighted by molar-refractivity contribution is -0.384. The number of nitro benzene ring substituents is 1. The summed E-state index contributed by atoms with van der Waals surface area (Å²) in [5.74, 6) is 0.213. The molecular formula is C22H15Cl2N5O3. The number of non-ortho nitro benzene ring substituents is 1. The van der Waals surface area contributed by atoms with Gasteiger partial charge in [0.2, 0.25) is 0 Å². The molecule has 0 fully saturated rings. The Bertz CT molecular complexity index is 1350. The van der Waals surface area contributed by atoms with E-state index in [9.17, 15) is 14.9 Å². The lowest BCUT2D eigenvalue weighted by atomic mass is 10.2. The van der Waals surface area contributed by atoms with Crippen LogP contribution in [0.4, 0.5) is 5.69 Å². The summed E-state index contributed by atoms with van der Waals surface area (Å²) in [5.41, 5.74) is 4.97. The smallest absolute Gasteiger partial charge is 0.270 e. The highest BCUT2D eigenvalue weighted by atomic mass is 35.5. The summed E-state index contributed by atoms with van der Waals surface area (Å²) in [7, 11) is 0. The van der Waals surface area contributed by atoms with Crippen LogP contribution >= 0.6 is 23.2 Å². The molecule has 1 heterocycles. The molecule has 4 aromatic rings. The molecule has 32 heavy (non-hydrogen) atoms. The van der Waals surface area contributed by atoms with Crippen LogP contribution in [-0.4, -0.2) is 26.6 Å². The van der Waals surface area contributed by atoms with Gasteiger partial charge in [0.05, 0.1) is 22.2 Å². The molecule has 0 aliphatic rings. The lowest BCUT2D eigenvalue weighted by Crippen LogP contribution is -2.23. The largest absolute Gasteiger partial charge is 0.314 e. The summed E-state index contributed by atoms with van der Waals surface area (Å²) in [5, 5.41) is 15.7. The van der Waals surface area contributed by atoms with Gasteiger partial charge in [0.15, 0.2) is 0 Å². The number of aromatic nitrogens is 2. The Morgan fingerprint density at radius 3 is 2.62 bits per heavy atom. The first-order valence-electron chi connectivity index (χ1n) is 9.39. The van der Waals surface area contributed by atoms with Crippen molar-refractivity contribution in [3.05, 3.63) is 92.5 Å². The van der Waals surface area contributed by atoms with Gasteiger partial charge in [0.25, 0.3) is 11.6 Å². The molecule has 0 bridgehead atoms. The summed E-state index contributed by atoms with van der Waals surface area (Å²) in [6.07, 6.45) is 1.26. The number of halogens is 2. The Kier molecular flexibility index (Phi) is 6.16. The Balaban J connectivity index is 1.57. The van der Waals surface area contributed by atoms with E-state index in [-0.39, 0.29) is 17.3 Å². The first-order chi connectivity index (χ1) is 15.4. The Hall–Kier alpha value is -3.75. The number of para-hydroxylation sites is 2. The second kappa shape index (κ2) is 9.17. The van der Waals surface area contributed by atoms with E-state index in [0.717, 1.165) is 16.6 Å². The number of hydrogen-bond donors (Lipinski definition) is 1. The average Bonchev–Trinajstić information content (AvgIpc) is 3.13. The van der Waals surface area contributed by atoms with Crippen LogP contribution < -0.4 is 5.43 Å². The number of carbonyl (C=O) groups excluding carboxylic acids is 1. The molecule has 0 radical (unpaired) electrons. The zero-order valence-electron chi connectivity index (χ0n) is 16.4. The van der Waals surface area contributed by atoms with E-state index in [1.807, 2.05) is 36.4 Å². The molecule has 1 aromatic heterocycles. The molecule has 1 N–H and O–H groups in total. The number of hydrogen-bond acceptors (Lipinski definition) is 5. The number of benzene rings is 3. The number of fused-ring (bicyclic) bond motifs is 1. The van der Waals surface area contributed by atoms with Gasteiger partial charge in [-0.15, -0.1) is 0 Å². The van der Waals surface area contributed by atoms with Crippen LogP contribution in [0.3, 0.4) is 0 Å². The van der Waals surface area contributed by atoms with Crippen molar-refractivity contribution >= 4 is 52.0 Å². The predicted molar refractivity (Wildman–Crippen MR) is 124 cm³/mol. The first kappa shape index (κ1) is 21.5. The highest BCUT2D eigenvalue weighted by molar-refractivity contribution is 6.33. The molecule has 0 saturated heterocycles. The molecule has 4 rings (SSSR count). The molecule has 160 valence electrons. The fourth-order valence-electron chi connectivity index (χ4n) is 3.15. The number of nitro groups is 1. The normalized spacial score (nSPS) is 11.2. The van der Waals surface area contributed by atoms with Gasteiger partial charge in [-0.2, -0.15) is 5.10 Å². The van der Waals surface area contributed by atoms with Crippen LogP contribution in [-0.2, 0) is 11.3 Å². The third-order valence-electron chi connectivity index (χ3n) is 4.64. The molecular weight excluding hydrogens is 453 g/mol. The highest BCUT2D eigenvalue weighted by Gasteiger charge is 2.15. The molecule has 8 nitrogen and oxygen atoms in total. The summed E-state index contributed by atoms with van der Waals surface area (Å²) in [4.78, 5) is 27.7. The minimum atomic E-state index is -0.533. The predicted octanol–water partition coefficient (Wildman–Crippen LogP) is 5.07. The Morgan fingerprint density at radius 1 is 1.12 bits per heavy atom. The number of nitrogens with zero attached hydrogens (tertiary/aromatic N) is 4. The van der Waals surface area contributed by atoms with Crippen LogP contribution in [0, 0.1) is 10.1 Å². The molecule has 10 heteroatoms. The van der Waals surface area contributed by atoms with Crippen molar-refractivity contribution in [1.82, 2.24) is 15.0 Å². The molecule has 3 aromatic carbocycles. The maximum Gasteiger partial charge on any atom is 0.270 e. The fourth-order valence-corrected chi connectivity index (χ4v) is 3.44. The molecule has 0 aliphatic carbocycles. The molecule has 0 unspecified atom stereocenters.